The number of aryl methyl sites for hydroxylation is 1. The molecule has 1 rings (SSSR count). The van der Waals surface area contributed by atoms with Crippen molar-refractivity contribution in [3.05, 3.63) is 35.4 Å². The minimum atomic E-state index is -1.23. The molecule has 0 aliphatic rings. The summed E-state index contributed by atoms with van der Waals surface area (Å²) in [6.45, 7) is 8.88. The van der Waals surface area contributed by atoms with Gasteiger partial charge in [0.1, 0.15) is 24.2 Å². The maximum absolute atomic E-state index is 13.6. The number of rotatable bonds is 12. The molecule has 0 heterocycles. The maximum atomic E-state index is 13.6. The fraction of sp³-hybridized carbons (Fsp3) is 0.560. The van der Waals surface area contributed by atoms with Crippen LogP contribution in [0.25, 0.3) is 0 Å². The summed E-state index contributed by atoms with van der Waals surface area (Å²) in [5, 5.41) is 14.8. The number of benzene rings is 1. The number of nitrogens with one attached hydrogen (secondary N) is 2. The molecule has 0 saturated heterocycles. The Labute approximate surface area is 207 Å². The predicted molar refractivity (Wildman–Crippen MR) is 131 cm³/mol. The molecule has 1 aromatic rings. The Bertz CT molecular complexity index is 918. The van der Waals surface area contributed by atoms with Crippen molar-refractivity contribution >= 4 is 23.8 Å². The molecule has 2 atom stereocenters. The van der Waals surface area contributed by atoms with E-state index in [2.05, 4.69) is 10.6 Å². The highest BCUT2D eigenvalue weighted by molar-refractivity contribution is 5.92. The lowest BCUT2D eigenvalue weighted by molar-refractivity contribution is -0.142. The summed E-state index contributed by atoms with van der Waals surface area (Å²) in [5.74, 6) is -1.81. The fourth-order valence-corrected chi connectivity index (χ4v) is 3.27. The number of unbranched alkanes of at least 4 members (excludes halogenated alkanes) is 1. The van der Waals surface area contributed by atoms with Crippen LogP contribution in [0.2, 0.25) is 0 Å². The Balaban J connectivity index is 3.38. The monoisotopic (exact) mass is 487 g/mol. The van der Waals surface area contributed by atoms with Gasteiger partial charge in [0.2, 0.25) is 17.7 Å². The first-order valence-electron chi connectivity index (χ1n) is 11.7. The van der Waals surface area contributed by atoms with Gasteiger partial charge in [-0.25, -0.2) is 4.79 Å². The average Bonchev–Trinajstić information content (AvgIpc) is 2.76. The second-order valence-electron chi connectivity index (χ2n) is 9.29. The second kappa shape index (κ2) is 13.9. The van der Waals surface area contributed by atoms with Crippen LogP contribution < -0.4 is 16.4 Å². The topological polar surface area (TPSA) is 155 Å². The highest BCUT2D eigenvalue weighted by Crippen LogP contribution is 2.24. The van der Waals surface area contributed by atoms with E-state index in [1.165, 1.54) is 0 Å². The third-order valence-corrected chi connectivity index (χ3v) is 4.98. The summed E-state index contributed by atoms with van der Waals surface area (Å²) >= 11 is 0. The SMILES string of the molecule is CCCCNC(=O)C(c1ccc(C)cc1)N(CC#N)C(=O)C(CCC(N)=O)NC(=O)OC(C)(C)C. The number of alkyl carbamates (subject to hydrolysis) is 1. The van der Waals surface area contributed by atoms with Crippen molar-refractivity contribution in [1.29, 1.82) is 5.26 Å². The number of primary amides is 1. The lowest BCUT2D eigenvalue weighted by Crippen LogP contribution is -2.53. The molecule has 0 saturated carbocycles. The maximum Gasteiger partial charge on any atom is 0.408 e. The Morgan fingerprint density at radius 3 is 2.31 bits per heavy atom. The van der Waals surface area contributed by atoms with E-state index in [0.717, 1.165) is 23.3 Å². The summed E-state index contributed by atoms with van der Waals surface area (Å²) in [6.07, 6.45) is 0.444. The van der Waals surface area contributed by atoms with E-state index in [9.17, 15) is 24.4 Å². The largest absolute Gasteiger partial charge is 0.444 e. The molecular formula is C25H37N5O5. The molecule has 2 unspecified atom stereocenters. The minimum Gasteiger partial charge on any atom is -0.444 e. The molecule has 4 amide bonds. The van der Waals surface area contributed by atoms with E-state index in [1.807, 2.05) is 19.9 Å². The highest BCUT2D eigenvalue weighted by atomic mass is 16.6. The molecule has 0 aromatic heterocycles. The Hall–Kier alpha value is -3.61. The van der Waals surface area contributed by atoms with Gasteiger partial charge in [-0.3, -0.25) is 14.4 Å². The van der Waals surface area contributed by atoms with Gasteiger partial charge in [-0.1, -0.05) is 43.2 Å². The number of nitriles is 1. The molecule has 4 N–H and O–H groups in total. The number of hydrogen-bond acceptors (Lipinski definition) is 6. The van der Waals surface area contributed by atoms with Crippen LogP contribution >= 0.6 is 0 Å². The number of carbonyl (C=O) groups is 4. The number of hydrogen-bond donors (Lipinski definition) is 3. The van der Waals surface area contributed by atoms with Crippen molar-refractivity contribution in [2.45, 2.75) is 78.0 Å². The molecule has 0 aliphatic heterocycles. The van der Waals surface area contributed by atoms with Gasteiger partial charge in [-0.2, -0.15) is 5.26 Å². The molecule has 0 spiro atoms. The fourth-order valence-electron chi connectivity index (χ4n) is 3.27. The Kier molecular flexibility index (Phi) is 11.7. The first-order valence-corrected chi connectivity index (χ1v) is 11.7. The Morgan fingerprint density at radius 1 is 1.17 bits per heavy atom. The molecule has 35 heavy (non-hydrogen) atoms. The van der Waals surface area contributed by atoms with Crippen molar-refractivity contribution in [3.8, 4) is 6.07 Å². The molecule has 10 nitrogen and oxygen atoms in total. The second-order valence-corrected chi connectivity index (χ2v) is 9.29. The molecule has 0 radical (unpaired) electrons. The van der Waals surface area contributed by atoms with Crippen molar-refractivity contribution in [3.63, 3.8) is 0 Å². The Morgan fingerprint density at radius 2 is 1.80 bits per heavy atom. The zero-order chi connectivity index (χ0) is 26.6. The normalized spacial score (nSPS) is 12.6. The van der Waals surface area contributed by atoms with Crippen LogP contribution in [0.1, 0.15) is 70.5 Å². The van der Waals surface area contributed by atoms with Crippen LogP contribution in [0.15, 0.2) is 24.3 Å². The van der Waals surface area contributed by atoms with Gasteiger partial charge in [-0.15, -0.1) is 0 Å². The summed E-state index contributed by atoms with van der Waals surface area (Å²) in [6, 6.07) is 6.63. The number of carbonyl (C=O) groups excluding carboxylic acids is 4. The number of nitrogens with two attached hydrogens (primary N) is 1. The van der Waals surface area contributed by atoms with Crippen LogP contribution in [-0.2, 0) is 19.1 Å². The van der Waals surface area contributed by atoms with Gasteiger partial charge in [0, 0.05) is 13.0 Å². The third kappa shape index (κ3) is 10.5. The summed E-state index contributed by atoms with van der Waals surface area (Å²) in [7, 11) is 0. The molecule has 0 bridgehead atoms. The first kappa shape index (κ1) is 29.4. The van der Waals surface area contributed by atoms with E-state index in [1.54, 1.807) is 45.0 Å². The van der Waals surface area contributed by atoms with E-state index in [0.29, 0.717) is 12.1 Å². The molecule has 192 valence electrons. The van der Waals surface area contributed by atoms with Gasteiger partial charge >= 0.3 is 6.09 Å². The number of amides is 4. The van der Waals surface area contributed by atoms with Crippen molar-refractivity contribution in [2.24, 2.45) is 5.73 Å². The van der Waals surface area contributed by atoms with E-state index in [-0.39, 0.29) is 12.8 Å². The van der Waals surface area contributed by atoms with Crippen LogP contribution in [0.5, 0.6) is 0 Å². The van der Waals surface area contributed by atoms with Gasteiger partial charge < -0.3 is 26.0 Å². The van der Waals surface area contributed by atoms with Crippen LogP contribution in [0, 0.1) is 18.3 Å². The number of nitrogens with zero attached hydrogens (tertiary/aromatic N) is 2. The van der Waals surface area contributed by atoms with Crippen LogP contribution in [-0.4, -0.2) is 53.4 Å². The van der Waals surface area contributed by atoms with E-state index in [4.69, 9.17) is 10.5 Å². The smallest absolute Gasteiger partial charge is 0.408 e. The quantitative estimate of drug-likeness (QED) is 0.304. The van der Waals surface area contributed by atoms with Crippen LogP contribution in [0.4, 0.5) is 4.79 Å². The summed E-state index contributed by atoms with van der Waals surface area (Å²) in [5.41, 5.74) is 5.92. The standard InChI is InChI=1S/C25H37N5O5/c1-6-7-15-28-22(32)21(18-10-8-17(2)9-11-18)30(16-14-26)23(33)19(12-13-20(27)31)29-24(34)35-25(3,4)5/h8-11,19,21H,6-7,12-13,15-16H2,1-5H3,(H2,27,31)(H,28,32)(H,29,34). The van der Waals surface area contributed by atoms with Gasteiger partial charge in [0.15, 0.2) is 0 Å². The van der Waals surface area contributed by atoms with Crippen molar-refractivity contribution in [1.82, 2.24) is 15.5 Å². The zero-order valence-electron chi connectivity index (χ0n) is 21.2. The average molecular weight is 488 g/mol. The first-order chi connectivity index (χ1) is 16.4. The molecule has 10 heteroatoms. The van der Waals surface area contributed by atoms with Gasteiger partial charge in [-0.05, 0) is 46.1 Å². The predicted octanol–water partition coefficient (Wildman–Crippen LogP) is 2.46. The summed E-state index contributed by atoms with van der Waals surface area (Å²) in [4.78, 5) is 51.8. The van der Waals surface area contributed by atoms with E-state index >= 15 is 0 Å². The number of ether oxygens (including phenoxy) is 1. The third-order valence-electron chi connectivity index (χ3n) is 4.98. The zero-order valence-corrected chi connectivity index (χ0v) is 21.2. The molecule has 0 aliphatic carbocycles. The lowest BCUT2D eigenvalue weighted by atomic mass is 10.0. The van der Waals surface area contributed by atoms with Gasteiger partial charge in [0.25, 0.3) is 0 Å². The highest BCUT2D eigenvalue weighted by Gasteiger charge is 2.36. The van der Waals surface area contributed by atoms with E-state index < -0.39 is 48.0 Å². The molecule has 1 aromatic carbocycles. The van der Waals surface area contributed by atoms with Crippen LogP contribution in [0.3, 0.4) is 0 Å². The summed E-state index contributed by atoms with van der Waals surface area (Å²) < 4.78 is 5.25. The molecular weight excluding hydrogens is 450 g/mol. The van der Waals surface area contributed by atoms with Crippen molar-refractivity contribution in [2.75, 3.05) is 13.1 Å². The lowest BCUT2D eigenvalue weighted by Gasteiger charge is -2.33. The molecule has 0 fully saturated rings. The van der Waals surface area contributed by atoms with Gasteiger partial charge in [0.05, 0.1) is 6.07 Å². The minimum absolute atomic E-state index is 0.118. The van der Waals surface area contributed by atoms with Crippen molar-refractivity contribution < 1.29 is 23.9 Å².